The van der Waals surface area contributed by atoms with Crippen LogP contribution >= 0.6 is 27.3 Å². The first-order chi connectivity index (χ1) is 9.11. The average Bonchev–Trinajstić information content (AvgIpc) is 2.89. The van der Waals surface area contributed by atoms with Gasteiger partial charge >= 0.3 is 6.03 Å². The van der Waals surface area contributed by atoms with Crippen LogP contribution in [0.3, 0.4) is 0 Å². The zero-order valence-electron chi connectivity index (χ0n) is 10.4. The second kappa shape index (κ2) is 4.90. The van der Waals surface area contributed by atoms with Crippen LogP contribution in [0.25, 0.3) is 0 Å². The molecule has 19 heavy (non-hydrogen) atoms. The standard InChI is InChI=1S/C13H15BrN2O2S/c14-10-5-4-9(19-10)8-16-11(17)13(15-12(16)18)6-2-1-3-7-13/h4-5H,1-3,6-8H2,(H,15,18). The molecule has 1 N–H and O–H groups in total. The van der Waals surface area contributed by atoms with Crippen molar-refractivity contribution in [1.29, 1.82) is 0 Å². The van der Waals surface area contributed by atoms with Gasteiger partial charge in [-0.15, -0.1) is 11.3 Å². The smallest absolute Gasteiger partial charge is 0.323 e. The number of carbonyl (C=O) groups excluding carboxylic acids is 2. The molecular formula is C13H15BrN2O2S. The number of rotatable bonds is 2. The van der Waals surface area contributed by atoms with E-state index >= 15 is 0 Å². The van der Waals surface area contributed by atoms with Crippen molar-refractivity contribution in [2.24, 2.45) is 0 Å². The molecule has 3 rings (SSSR count). The van der Waals surface area contributed by atoms with Gasteiger partial charge in [0, 0.05) is 4.88 Å². The maximum absolute atomic E-state index is 12.5. The Balaban J connectivity index is 1.79. The van der Waals surface area contributed by atoms with E-state index in [9.17, 15) is 9.59 Å². The Kier molecular flexibility index (Phi) is 3.39. The molecule has 1 aromatic heterocycles. The number of thiophene rings is 1. The van der Waals surface area contributed by atoms with E-state index in [1.54, 1.807) is 11.3 Å². The van der Waals surface area contributed by atoms with E-state index in [4.69, 9.17) is 0 Å². The summed E-state index contributed by atoms with van der Waals surface area (Å²) in [6, 6.07) is 3.65. The summed E-state index contributed by atoms with van der Waals surface area (Å²) in [4.78, 5) is 27.0. The van der Waals surface area contributed by atoms with Crippen molar-refractivity contribution >= 4 is 39.2 Å². The SMILES string of the molecule is O=C1NC2(CCCCC2)C(=O)N1Cc1ccc(Br)s1. The predicted octanol–water partition coefficient (Wildman–Crippen LogP) is 3.27. The van der Waals surface area contributed by atoms with Gasteiger partial charge in [-0.2, -0.15) is 0 Å². The van der Waals surface area contributed by atoms with Crippen molar-refractivity contribution in [3.63, 3.8) is 0 Å². The van der Waals surface area contributed by atoms with Crippen LogP contribution in [0.1, 0.15) is 37.0 Å². The quantitative estimate of drug-likeness (QED) is 0.838. The monoisotopic (exact) mass is 342 g/mol. The third kappa shape index (κ3) is 2.31. The molecule has 0 atom stereocenters. The second-order valence-electron chi connectivity index (χ2n) is 5.17. The first-order valence-electron chi connectivity index (χ1n) is 6.49. The summed E-state index contributed by atoms with van der Waals surface area (Å²) in [5, 5.41) is 2.93. The fraction of sp³-hybridized carbons (Fsp3) is 0.538. The Hall–Kier alpha value is -0.880. The van der Waals surface area contributed by atoms with Crippen molar-refractivity contribution < 1.29 is 9.59 Å². The molecule has 0 radical (unpaired) electrons. The molecule has 0 aromatic carbocycles. The summed E-state index contributed by atoms with van der Waals surface area (Å²) in [5.74, 6) is -0.0401. The van der Waals surface area contributed by atoms with Gasteiger partial charge in [-0.25, -0.2) is 4.79 Å². The molecule has 6 heteroatoms. The maximum atomic E-state index is 12.5. The second-order valence-corrected chi connectivity index (χ2v) is 7.72. The van der Waals surface area contributed by atoms with E-state index in [-0.39, 0.29) is 11.9 Å². The number of nitrogens with zero attached hydrogens (tertiary/aromatic N) is 1. The molecule has 3 amide bonds. The van der Waals surface area contributed by atoms with Gasteiger partial charge in [-0.05, 0) is 40.9 Å². The molecule has 1 saturated heterocycles. The number of hydrogen-bond acceptors (Lipinski definition) is 3. The molecule has 1 saturated carbocycles. The molecule has 0 unspecified atom stereocenters. The lowest BCUT2D eigenvalue weighted by molar-refractivity contribution is -0.132. The summed E-state index contributed by atoms with van der Waals surface area (Å²) >= 11 is 4.95. The van der Waals surface area contributed by atoms with Gasteiger partial charge in [0.1, 0.15) is 5.54 Å². The first kappa shape index (κ1) is 13.1. The Morgan fingerprint density at radius 3 is 2.63 bits per heavy atom. The summed E-state index contributed by atoms with van der Waals surface area (Å²) in [7, 11) is 0. The Morgan fingerprint density at radius 2 is 2.00 bits per heavy atom. The first-order valence-corrected chi connectivity index (χ1v) is 8.10. The van der Waals surface area contributed by atoms with E-state index < -0.39 is 5.54 Å². The van der Waals surface area contributed by atoms with Crippen molar-refractivity contribution in [2.45, 2.75) is 44.2 Å². The van der Waals surface area contributed by atoms with Gasteiger partial charge in [0.15, 0.2) is 0 Å². The summed E-state index contributed by atoms with van der Waals surface area (Å²) < 4.78 is 1.02. The molecule has 4 nitrogen and oxygen atoms in total. The lowest BCUT2D eigenvalue weighted by Gasteiger charge is -2.30. The third-order valence-electron chi connectivity index (χ3n) is 3.90. The molecule has 2 fully saturated rings. The van der Waals surface area contributed by atoms with Crippen molar-refractivity contribution in [1.82, 2.24) is 10.2 Å². The van der Waals surface area contributed by atoms with Crippen LogP contribution in [0.5, 0.6) is 0 Å². The minimum Gasteiger partial charge on any atom is -0.323 e. The molecule has 1 aliphatic heterocycles. The highest BCUT2D eigenvalue weighted by atomic mass is 79.9. The lowest BCUT2D eigenvalue weighted by Crippen LogP contribution is -2.48. The fourth-order valence-corrected chi connectivity index (χ4v) is 4.38. The van der Waals surface area contributed by atoms with Crippen molar-refractivity contribution in [2.75, 3.05) is 0 Å². The topological polar surface area (TPSA) is 49.4 Å². The number of nitrogens with one attached hydrogen (secondary N) is 1. The van der Waals surface area contributed by atoms with E-state index in [0.29, 0.717) is 6.54 Å². The molecule has 2 heterocycles. The van der Waals surface area contributed by atoms with E-state index in [0.717, 1.165) is 40.8 Å². The van der Waals surface area contributed by atoms with Crippen molar-refractivity contribution in [3.05, 3.63) is 20.8 Å². The van der Waals surface area contributed by atoms with E-state index in [2.05, 4.69) is 21.2 Å². The van der Waals surface area contributed by atoms with E-state index in [1.807, 2.05) is 12.1 Å². The third-order valence-corrected chi connectivity index (χ3v) is 5.50. The zero-order valence-corrected chi connectivity index (χ0v) is 12.8. The van der Waals surface area contributed by atoms with Gasteiger partial charge in [-0.1, -0.05) is 19.3 Å². The number of carbonyl (C=O) groups is 2. The average molecular weight is 343 g/mol. The molecular weight excluding hydrogens is 328 g/mol. The minimum atomic E-state index is -0.607. The minimum absolute atomic E-state index is 0.0401. The summed E-state index contributed by atoms with van der Waals surface area (Å²) in [6.07, 6.45) is 4.75. The van der Waals surface area contributed by atoms with Crippen molar-refractivity contribution in [3.8, 4) is 0 Å². The van der Waals surface area contributed by atoms with Crippen LogP contribution in [-0.4, -0.2) is 22.4 Å². The van der Waals surface area contributed by atoms with Crippen LogP contribution in [0.15, 0.2) is 15.9 Å². The van der Waals surface area contributed by atoms with E-state index in [1.165, 1.54) is 4.90 Å². The highest BCUT2D eigenvalue weighted by molar-refractivity contribution is 9.11. The normalized spacial score (nSPS) is 22.1. The number of urea groups is 1. The van der Waals surface area contributed by atoms with Gasteiger partial charge < -0.3 is 5.32 Å². The number of hydrogen-bond donors (Lipinski definition) is 1. The van der Waals surface area contributed by atoms with Crippen LogP contribution in [0.4, 0.5) is 4.79 Å². The fourth-order valence-electron chi connectivity index (χ4n) is 2.91. The molecule has 2 aliphatic rings. The zero-order chi connectivity index (χ0) is 13.5. The van der Waals surface area contributed by atoms with Gasteiger partial charge in [0.2, 0.25) is 0 Å². The molecule has 102 valence electrons. The molecule has 1 aliphatic carbocycles. The van der Waals surface area contributed by atoms with Gasteiger partial charge in [0.05, 0.1) is 10.3 Å². The van der Waals surface area contributed by atoms with Crippen LogP contribution < -0.4 is 5.32 Å². The van der Waals surface area contributed by atoms with Gasteiger partial charge in [-0.3, -0.25) is 9.69 Å². The van der Waals surface area contributed by atoms with Crippen LogP contribution in [0, 0.1) is 0 Å². The number of amides is 3. The molecule has 0 bridgehead atoms. The number of halogens is 1. The highest BCUT2D eigenvalue weighted by Gasteiger charge is 2.51. The maximum Gasteiger partial charge on any atom is 0.325 e. The summed E-state index contributed by atoms with van der Waals surface area (Å²) in [5.41, 5.74) is -0.607. The van der Waals surface area contributed by atoms with Gasteiger partial charge in [0.25, 0.3) is 5.91 Å². The predicted molar refractivity (Wildman–Crippen MR) is 76.9 cm³/mol. The lowest BCUT2D eigenvalue weighted by atomic mass is 9.82. The van der Waals surface area contributed by atoms with Crippen LogP contribution in [0.2, 0.25) is 0 Å². The van der Waals surface area contributed by atoms with Crippen LogP contribution in [-0.2, 0) is 11.3 Å². The molecule has 1 aromatic rings. The summed E-state index contributed by atoms with van der Waals surface area (Å²) in [6.45, 7) is 0.378. The largest absolute Gasteiger partial charge is 0.325 e. The molecule has 1 spiro atoms. The Morgan fingerprint density at radius 1 is 1.26 bits per heavy atom. The Bertz CT molecular complexity index is 522. The Labute approximate surface area is 124 Å². The number of imide groups is 1. The highest BCUT2D eigenvalue weighted by Crippen LogP contribution is 2.35.